The van der Waals surface area contributed by atoms with Gasteiger partial charge in [-0.25, -0.2) is 0 Å². The van der Waals surface area contributed by atoms with E-state index in [9.17, 15) is 4.79 Å². The molecule has 19 heavy (non-hydrogen) atoms. The minimum Gasteiger partial charge on any atom is -0.381 e. The number of ether oxygens (including phenoxy) is 1. The maximum Gasteiger partial charge on any atom is 0.237 e. The predicted octanol–water partition coefficient (Wildman–Crippen LogP) is 0.587. The highest BCUT2D eigenvalue weighted by Gasteiger charge is 2.26. The summed E-state index contributed by atoms with van der Waals surface area (Å²) in [6.07, 6.45) is 1.78. The molecular weight excluding hydrogens is 242 g/mol. The molecule has 1 saturated heterocycles. The van der Waals surface area contributed by atoms with Gasteiger partial charge >= 0.3 is 0 Å². The summed E-state index contributed by atoms with van der Waals surface area (Å²) in [6, 6.07) is 0.115. The maximum absolute atomic E-state index is 12.0. The number of carbonyl (C=O) groups is 1. The maximum atomic E-state index is 12.0. The number of hydrogen-bond acceptors (Lipinski definition) is 4. The second kappa shape index (κ2) is 8.51. The first-order valence-corrected chi connectivity index (χ1v) is 7.41. The van der Waals surface area contributed by atoms with Crippen molar-refractivity contribution in [3.05, 3.63) is 0 Å². The quantitative estimate of drug-likeness (QED) is 0.711. The SMILES string of the molecule is CCN(CCNC(=O)C(N)C1CCOCC1)C(C)C. The van der Waals surface area contributed by atoms with Gasteiger partial charge in [-0.2, -0.15) is 0 Å². The Balaban J connectivity index is 2.26. The summed E-state index contributed by atoms with van der Waals surface area (Å²) in [5.41, 5.74) is 6.02. The molecule has 1 rings (SSSR count). The van der Waals surface area contributed by atoms with E-state index in [1.165, 1.54) is 0 Å². The summed E-state index contributed by atoms with van der Waals surface area (Å²) in [5, 5.41) is 2.95. The van der Waals surface area contributed by atoms with E-state index in [4.69, 9.17) is 10.5 Å². The Bertz CT molecular complexity index is 265. The van der Waals surface area contributed by atoms with E-state index in [1.807, 2.05) is 0 Å². The third-order valence-electron chi connectivity index (χ3n) is 3.91. The Morgan fingerprint density at radius 3 is 2.58 bits per heavy atom. The molecule has 0 bridgehead atoms. The lowest BCUT2D eigenvalue weighted by Gasteiger charge is -2.28. The van der Waals surface area contributed by atoms with Gasteiger partial charge in [0.2, 0.25) is 5.91 Å². The summed E-state index contributed by atoms with van der Waals surface area (Å²) in [4.78, 5) is 14.3. The average molecular weight is 271 g/mol. The Hall–Kier alpha value is -0.650. The fraction of sp³-hybridized carbons (Fsp3) is 0.929. The van der Waals surface area contributed by atoms with Crippen LogP contribution in [0.15, 0.2) is 0 Å². The zero-order valence-electron chi connectivity index (χ0n) is 12.5. The van der Waals surface area contributed by atoms with E-state index in [2.05, 4.69) is 31.0 Å². The van der Waals surface area contributed by atoms with Gasteiger partial charge in [0.25, 0.3) is 0 Å². The van der Waals surface area contributed by atoms with Crippen molar-refractivity contribution >= 4 is 5.91 Å². The van der Waals surface area contributed by atoms with Crippen LogP contribution in [-0.4, -0.2) is 55.7 Å². The molecule has 1 amide bonds. The summed E-state index contributed by atoms with van der Waals surface area (Å²) in [6.45, 7) is 10.5. The van der Waals surface area contributed by atoms with Crippen molar-refractivity contribution in [1.82, 2.24) is 10.2 Å². The molecule has 0 aromatic rings. The van der Waals surface area contributed by atoms with Crippen LogP contribution in [0.4, 0.5) is 0 Å². The molecule has 1 aliphatic rings. The highest BCUT2D eigenvalue weighted by atomic mass is 16.5. The van der Waals surface area contributed by atoms with E-state index < -0.39 is 6.04 Å². The van der Waals surface area contributed by atoms with Crippen LogP contribution in [0.2, 0.25) is 0 Å². The van der Waals surface area contributed by atoms with E-state index in [0.29, 0.717) is 12.6 Å². The van der Waals surface area contributed by atoms with E-state index >= 15 is 0 Å². The molecule has 5 heteroatoms. The molecule has 112 valence electrons. The Kier molecular flexibility index (Phi) is 7.34. The van der Waals surface area contributed by atoms with Crippen LogP contribution in [0.3, 0.4) is 0 Å². The van der Waals surface area contributed by atoms with Gasteiger partial charge in [-0.05, 0) is 39.2 Å². The van der Waals surface area contributed by atoms with Gasteiger partial charge in [0.1, 0.15) is 0 Å². The molecule has 1 heterocycles. The molecule has 1 unspecified atom stereocenters. The van der Waals surface area contributed by atoms with Crippen molar-refractivity contribution in [1.29, 1.82) is 0 Å². The minimum atomic E-state index is -0.391. The van der Waals surface area contributed by atoms with Gasteiger partial charge in [0.15, 0.2) is 0 Å². The van der Waals surface area contributed by atoms with Gasteiger partial charge in [-0.3, -0.25) is 9.69 Å². The Labute approximate surface area is 116 Å². The van der Waals surface area contributed by atoms with Crippen molar-refractivity contribution in [3.8, 4) is 0 Å². The predicted molar refractivity (Wildman–Crippen MR) is 76.9 cm³/mol. The molecule has 0 saturated carbocycles. The first kappa shape index (κ1) is 16.4. The van der Waals surface area contributed by atoms with Crippen molar-refractivity contribution < 1.29 is 9.53 Å². The third-order valence-corrected chi connectivity index (χ3v) is 3.91. The molecule has 1 aliphatic heterocycles. The highest BCUT2D eigenvalue weighted by Crippen LogP contribution is 2.17. The highest BCUT2D eigenvalue weighted by molar-refractivity contribution is 5.81. The normalized spacial score (nSPS) is 18.8. The molecule has 5 nitrogen and oxygen atoms in total. The van der Waals surface area contributed by atoms with Gasteiger partial charge in [0, 0.05) is 32.3 Å². The Morgan fingerprint density at radius 2 is 2.05 bits per heavy atom. The van der Waals surface area contributed by atoms with Crippen molar-refractivity contribution in [2.45, 2.75) is 45.7 Å². The number of amides is 1. The number of nitrogens with one attached hydrogen (secondary N) is 1. The molecule has 0 spiro atoms. The second-order valence-electron chi connectivity index (χ2n) is 5.49. The third kappa shape index (κ3) is 5.47. The molecule has 1 atom stereocenters. The zero-order valence-corrected chi connectivity index (χ0v) is 12.5. The summed E-state index contributed by atoms with van der Waals surface area (Å²) in [7, 11) is 0. The number of nitrogens with zero attached hydrogens (tertiary/aromatic N) is 1. The van der Waals surface area contributed by atoms with Crippen LogP contribution in [0.25, 0.3) is 0 Å². The van der Waals surface area contributed by atoms with Crippen LogP contribution >= 0.6 is 0 Å². The van der Waals surface area contributed by atoms with Gasteiger partial charge in [-0.15, -0.1) is 0 Å². The van der Waals surface area contributed by atoms with Gasteiger partial charge in [-0.1, -0.05) is 6.92 Å². The van der Waals surface area contributed by atoms with Crippen LogP contribution in [0.5, 0.6) is 0 Å². The van der Waals surface area contributed by atoms with E-state index in [0.717, 1.165) is 39.1 Å². The van der Waals surface area contributed by atoms with Crippen LogP contribution in [0, 0.1) is 5.92 Å². The number of carbonyl (C=O) groups excluding carboxylic acids is 1. The molecule has 0 aromatic heterocycles. The number of nitrogens with two attached hydrogens (primary N) is 1. The molecule has 0 aliphatic carbocycles. The molecular formula is C14H29N3O2. The largest absolute Gasteiger partial charge is 0.381 e. The topological polar surface area (TPSA) is 67.6 Å². The van der Waals surface area contributed by atoms with Gasteiger partial charge < -0.3 is 15.8 Å². The second-order valence-corrected chi connectivity index (χ2v) is 5.49. The fourth-order valence-corrected chi connectivity index (χ4v) is 2.51. The smallest absolute Gasteiger partial charge is 0.237 e. The van der Waals surface area contributed by atoms with Crippen LogP contribution < -0.4 is 11.1 Å². The van der Waals surface area contributed by atoms with Crippen molar-refractivity contribution in [2.75, 3.05) is 32.8 Å². The molecule has 1 fully saturated rings. The van der Waals surface area contributed by atoms with Crippen LogP contribution in [-0.2, 0) is 9.53 Å². The van der Waals surface area contributed by atoms with Crippen molar-refractivity contribution in [2.24, 2.45) is 11.7 Å². The molecule has 3 N–H and O–H groups in total. The Morgan fingerprint density at radius 1 is 1.42 bits per heavy atom. The average Bonchev–Trinajstić information content (AvgIpc) is 2.43. The summed E-state index contributed by atoms with van der Waals surface area (Å²) >= 11 is 0. The minimum absolute atomic E-state index is 0.0216. The number of likely N-dealkylation sites (N-methyl/N-ethyl adjacent to an activating group) is 1. The lowest BCUT2D eigenvalue weighted by Crippen LogP contribution is -2.49. The lowest BCUT2D eigenvalue weighted by atomic mass is 9.92. The number of rotatable bonds is 7. The zero-order chi connectivity index (χ0) is 14.3. The van der Waals surface area contributed by atoms with Crippen LogP contribution in [0.1, 0.15) is 33.6 Å². The lowest BCUT2D eigenvalue weighted by molar-refractivity contribution is -0.124. The molecule has 0 radical (unpaired) electrons. The fourth-order valence-electron chi connectivity index (χ4n) is 2.51. The summed E-state index contributed by atoms with van der Waals surface area (Å²) < 4.78 is 5.29. The number of hydrogen-bond donors (Lipinski definition) is 2. The monoisotopic (exact) mass is 271 g/mol. The first-order chi connectivity index (χ1) is 9.06. The van der Waals surface area contributed by atoms with E-state index in [-0.39, 0.29) is 11.8 Å². The standard InChI is InChI=1S/C14H29N3O2/c1-4-17(11(2)3)8-7-16-14(18)13(15)12-5-9-19-10-6-12/h11-13H,4-10,15H2,1-3H3,(H,16,18). The molecule has 0 aromatic carbocycles. The first-order valence-electron chi connectivity index (χ1n) is 7.41. The van der Waals surface area contributed by atoms with Crippen molar-refractivity contribution in [3.63, 3.8) is 0 Å². The van der Waals surface area contributed by atoms with Gasteiger partial charge in [0.05, 0.1) is 6.04 Å². The summed E-state index contributed by atoms with van der Waals surface area (Å²) in [5.74, 6) is 0.243. The van der Waals surface area contributed by atoms with E-state index in [1.54, 1.807) is 0 Å².